The van der Waals surface area contributed by atoms with E-state index in [0.717, 1.165) is 32.5 Å². The van der Waals surface area contributed by atoms with Gasteiger partial charge < -0.3 is 10.2 Å². The molecule has 1 aromatic carbocycles. The molecule has 2 rings (SSSR count). The Labute approximate surface area is 116 Å². The van der Waals surface area contributed by atoms with Crippen LogP contribution in [0.4, 0.5) is 0 Å². The monoisotopic (exact) mass is 260 g/mol. The lowest BCUT2D eigenvalue weighted by Gasteiger charge is -2.34. The predicted molar refractivity (Wildman–Crippen MR) is 78.2 cm³/mol. The first-order valence-corrected chi connectivity index (χ1v) is 7.22. The van der Waals surface area contributed by atoms with Gasteiger partial charge in [-0.15, -0.1) is 0 Å². The highest BCUT2D eigenvalue weighted by molar-refractivity contribution is 5.76. The molecule has 1 saturated heterocycles. The number of carbonyl (C=O) groups is 1. The fourth-order valence-corrected chi connectivity index (χ4v) is 2.67. The third-order valence-corrected chi connectivity index (χ3v) is 3.76. The average molecular weight is 260 g/mol. The lowest BCUT2D eigenvalue weighted by atomic mass is 10.1. The van der Waals surface area contributed by atoms with Crippen LogP contribution in [-0.4, -0.2) is 36.5 Å². The Hall–Kier alpha value is -1.35. The second kappa shape index (κ2) is 6.71. The first-order chi connectivity index (χ1) is 9.16. The van der Waals surface area contributed by atoms with Crippen LogP contribution in [0.2, 0.25) is 0 Å². The highest BCUT2D eigenvalue weighted by Gasteiger charge is 2.22. The van der Waals surface area contributed by atoms with Gasteiger partial charge in [0.05, 0.1) is 0 Å². The van der Waals surface area contributed by atoms with Gasteiger partial charge in [-0.3, -0.25) is 4.79 Å². The summed E-state index contributed by atoms with van der Waals surface area (Å²) in [5, 5.41) is 3.31. The number of hydrogen-bond acceptors (Lipinski definition) is 2. The highest BCUT2D eigenvalue weighted by Crippen LogP contribution is 2.11. The zero-order chi connectivity index (χ0) is 13.7. The molecule has 0 bridgehead atoms. The Bertz CT molecular complexity index is 431. The van der Waals surface area contributed by atoms with Gasteiger partial charge in [-0.05, 0) is 32.3 Å². The molecule has 1 fully saturated rings. The van der Waals surface area contributed by atoms with E-state index in [1.54, 1.807) is 0 Å². The summed E-state index contributed by atoms with van der Waals surface area (Å²) < 4.78 is 0. The van der Waals surface area contributed by atoms with Crippen LogP contribution in [0.3, 0.4) is 0 Å². The molecular weight excluding hydrogens is 236 g/mol. The van der Waals surface area contributed by atoms with Gasteiger partial charge in [0, 0.05) is 32.1 Å². The van der Waals surface area contributed by atoms with Crippen molar-refractivity contribution in [3.05, 3.63) is 35.4 Å². The van der Waals surface area contributed by atoms with Gasteiger partial charge in [0.15, 0.2) is 0 Å². The minimum atomic E-state index is 0.307. The van der Waals surface area contributed by atoms with Gasteiger partial charge in [0.25, 0.3) is 0 Å². The van der Waals surface area contributed by atoms with E-state index in [1.165, 1.54) is 11.1 Å². The van der Waals surface area contributed by atoms with Gasteiger partial charge in [-0.2, -0.15) is 0 Å². The predicted octanol–water partition coefficient (Wildman–Crippen LogP) is 2.14. The van der Waals surface area contributed by atoms with Crippen molar-refractivity contribution in [1.82, 2.24) is 10.2 Å². The summed E-state index contributed by atoms with van der Waals surface area (Å²) in [4.78, 5) is 14.2. The molecule has 19 heavy (non-hydrogen) atoms. The van der Waals surface area contributed by atoms with Crippen LogP contribution < -0.4 is 5.32 Å². The second-order valence-electron chi connectivity index (χ2n) is 5.48. The molecule has 3 nitrogen and oxygen atoms in total. The molecule has 0 spiro atoms. The van der Waals surface area contributed by atoms with Crippen LogP contribution in [0.15, 0.2) is 24.3 Å². The molecule has 0 aliphatic carbocycles. The van der Waals surface area contributed by atoms with Crippen molar-refractivity contribution < 1.29 is 4.79 Å². The Balaban J connectivity index is 1.77. The second-order valence-corrected chi connectivity index (χ2v) is 5.48. The molecule has 1 N–H and O–H groups in total. The lowest BCUT2D eigenvalue weighted by Crippen LogP contribution is -2.52. The standard InChI is InChI=1S/C16H24N2O/c1-13-5-3-6-15(11-13)7-4-8-16(19)18-10-9-17-12-14(18)2/h3,5-6,11,14,17H,4,7-10,12H2,1-2H3. The third kappa shape index (κ3) is 4.06. The van der Waals surface area contributed by atoms with E-state index >= 15 is 0 Å². The third-order valence-electron chi connectivity index (χ3n) is 3.76. The van der Waals surface area contributed by atoms with Crippen molar-refractivity contribution in [3.63, 3.8) is 0 Å². The number of rotatable bonds is 4. The van der Waals surface area contributed by atoms with Crippen molar-refractivity contribution in [2.75, 3.05) is 19.6 Å². The molecular formula is C16H24N2O. The first kappa shape index (κ1) is 14.1. The lowest BCUT2D eigenvalue weighted by molar-refractivity contribution is -0.134. The van der Waals surface area contributed by atoms with E-state index in [9.17, 15) is 4.79 Å². The number of piperazine rings is 1. The van der Waals surface area contributed by atoms with E-state index < -0.39 is 0 Å². The van der Waals surface area contributed by atoms with Crippen molar-refractivity contribution >= 4 is 5.91 Å². The number of aryl methyl sites for hydroxylation is 2. The zero-order valence-corrected chi connectivity index (χ0v) is 12.0. The Morgan fingerprint density at radius 3 is 3.05 bits per heavy atom. The molecule has 0 aromatic heterocycles. The Morgan fingerprint density at radius 2 is 2.32 bits per heavy atom. The van der Waals surface area contributed by atoms with Crippen molar-refractivity contribution in [1.29, 1.82) is 0 Å². The van der Waals surface area contributed by atoms with Gasteiger partial charge in [0.2, 0.25) is 5.91 Å². The fraction of sp³-hybridized carbons (Fsp3) is 0.562. The summed E-state index contributed by atoms with van der Waals surface area (Å²) in [6.07, 6.45) is 2.60. The summed E-state index contributed by atoms with van der Waals surface area (Å²) in [7, 11) is 0. The van der Waals surface area contributed by atoms with E-state index in [2.05, 4.69) is 43.4 Å². The summed E-state index contributed by atoms with van der Waals surface area (Å²) in [5.41, 5.74) is 2.63. The largest absolute Gasteiger partial charge is 0.337 e. The number of carbonyl (C=O) groups excluding carboxylic acids is 1. The fourth-order valence-electron chi connectivity index (χ4n) is 2.67. The van der Waals surface area contributed by atoms with Gasteiger partial charge in [-0.1, -0.05) is 29.8 Å². The molecule has 3 heteroatoms. The first-order valence-electron chi connectivity index (χ1n) is 7.22. The van der Waals surface area contributed by atoms with E-state index in [-0.39, 0.29) is 0 Å². The SMILES string of the molecule is Cc1cccc(CCCC(=O)N2CCNCC2C)c1. The molecule has 0 radical (unpaired) electrons. The normalized spacial score (nSPS) is 19.5. The van der Waals surface area contributed by atoms with E-state index in [4.69, 9.17) is 0 Å². The minimum Gasteiger partial charge on any atom is -0.337 e. The van der Waals surface area contributed by atoms with Crippen LogP contribution in [0.25, 0.3) is 0 Å². The highest BCUT2D eigenvalue weighted by atomic mass is 16.2. The number of amides is 1. The summed E-state index contributed by atoms with van der Waals surface area (Å²) in [5.74, 6) is 0.307. The van der Waals surface area contributed by atoms with Crippen LogP contribution >= 0.6 is 0 Å². The van der Waals surface area contributed by atoms with Crippen molar-refractivity contribution in [2.45, 2.75) is 39.2 Å². The summed E-state index contributed by atoms with van der Waals surface area (Å²) in [6.45, 7) is 6.92. The van der Waals surface area contributed by atoms with Gasteiger partial charge in [0.1, 0.15) is 0 Å². The van der Waals surface area contributed by atoms with Crippen LogP contribution in [-0.2, 0) is 11.2 Å². The Kier molecular flexibility index (Phi) is 4.97. The number of nitrogens with zero attached hydrogens (tertiary/aromatic N) is 1. The maximum Gasteiger partial charge on any atom is 0.222 e. The maximum absolute atomic E-state index is 12.2. The van der Waals surface area contributed by atoms with Crippen LogP contribution in [0, 0.1) is 6.92 Å². The summed E-state index contributed by atoms with van der Waals surface area (Å²) in [6, 6.07) is 8.88. The number of nitrogens with one attached hydrogen (secondary N) is 1. The topological polar surface area (TPSA) is 32.3 Å². The van der Waals surface area contributed by atoms with Gasteiger partial charge >= 0.3 is 0 Å². The molecule has 1 aliphatic rings. The molecule has 1 heterocycles. The molecule has 104 valence electrons. The van der Waals surface area contributed by atoms with Crippen LogP contribution in [0.5, 0.6) is 0 Å². The average Bonchev–Trinajstić information content (AvgIpc) is 2.39. The van der Waals surface area contributed by atoms with Crippen LogP contribution in [0.1, 0.15) is 30.9 Å². The smallest absolute Gasteiger partial charge is 0.222 e. The quantitative estimate of drug-likeness (QED) is 0.899. The van der Waals surface area contributed by atoms with E-state index in [1.807, 2.05) is 4.90 Å². The number of hydrogen-bond donors (Lipinski definition) is 1. The molecule has 1 amide bonds. The molecule has 1 atom stereocenters. The molecule has 1 aromatic rings. The Morgan fingerprint density at radius 1 is 1.47 bits per heavy atom. The molecule has 1 aliphatic heterocycles. The van der Waals surface area contributed by atoms with Gasteiger partial charge in [-0.25, -0.2) is 0 Å². The maximum atomic E-state index is 12.2. The zero-order valence-electron chi connectivity index (χ0n) is 12.0. The van der Waals surface area contributed by atoms with Crippen molar-refractivity contribution in [3.8, 4) is 0 Å². The van der Waals surface area contributed by atoms with E-state index in [0.29, 0.717) is 18.4 Å². The molecule has 0 saturated carbocycles. The number of benzene rings is 1. The van der Waals surface area contributed by atoms with Crippen molar-refractivity contribution in [2.24, 2.45) is 0 Å². The molecule has 1 unspecified atom stereocenters. The summed E-state index contributed by atoms with van der Waals surface area (Å²) >= 11 is 0. The minimum absolute atomic E-state index is 0.307.